The van der Waals surface area contributed by atoms with Crippen LogP contribution >= 0.6 is 0 Å². The zero-order chi connectivity index (χ0) is 43.6. The van der Waals surface area contributed by atoms with Gasteiger partial charge in [0, 0.05) is 56.3 Å². The van der Waals surface area contributed by atoms with Gasteiger partial charge in [0.25, 0.3) is 0 Å². The Labute approximate surface area is 381 Å². The molecule has 0 saturated carbocycles. The van der Waals surface area contributed by atoms with Gasteiger partial charge in [0.1, 0.15) is 5.69 Å². The number of hydrogen-bond acceptors (Lipinski definition) is 3. The zero-order valence-corrected chi connectivity index (χ0v) is 35.8. The molecule has 0 fully saturated rings. The Hall–Kier alpha value is -8.93. The first-order valence-corrected chi connectivity index (χ1v) is 22.3. The van der Waals surface area contributed by atoms with E-state index in [4.69, 9.17) is 9.97 Å². The van der Waals surface area contributed by atoms with Gasteiger partial charge in [-0.1, -0.05) is 164 Å². The number of rotatable bonds is 7. The summed E-state index contributed by atoms with van der Waals surface area (Å²) in [5, 5.41) is 7.23. The van der Waals surface area contributed by atoms with Crippen LogP contribution in [-0.2, 0) is 0 Å². The van der Waals surface area contributed by atoms with Crippen molar-refractivity contribution in [2.45, 2.75) is 0 Å². The van der Waals surface area contributed by atoms with E-state index >= 15 is 0 Å². The highest BCUT2D eigenvalue weighted by Gasteiger charge is 2.24. The number of para-hydroxylation sites is 1. The summed E-state index contributed by atoms with van der Waals surface area (Å²) in [6.07, 6.45) is 3.66. The molecule has 4 aromatic heterocycles. The van der Waals surface area contributed by atoms with Crippen LogP contribution in [0.2, 0.25) is 0 Å². The monoisotopic (exact) mass is 841 g/mol. The molecular weight excluding hydrogens is 803 g/mol. The van der Waals surface area contributed by atoms with Crippen molar-refractivity contribution in [2.75, 3.05) is 0 Å². The maximum absolute atomic E-state index is 5.71. The lowest BCUT2D eigenvalue weighted by Gasteiger charge is -2.18. The van der Waals surface area contributed by atoms with E-state index in [1.165, 1.54) is 32.6 Å². The molecule has 0 aliphatic carbocycles. The van der Waals surface area contributed by atoms with Crippen LogP contribution < -0.4 is 0 Å². The number of benzene rings is 9. The predicted molar refractivity (Wildman–Crippen MR) is 273 cm³/mol. The summed E-state index contributed by atoms with van der Waals surface area (Å²) >= 11 is 0. The van der Waals surface area contributed by atoms with Crippen molar-refractivity contribution in [1.29, 1.82) is 0 Å². The van der Waals surface area contributed by atoms with Crippen molar-refractivity contribution >= 4 is 54.4 Å². The molecule has 0 spiro atoms. The van der Waals surface area contributed by atoms with E-state index in [1.54, 1.807) is 0 Å². The van der Waals surface area contributed by atoms with Crippen LogP contribution in [0.15, 0.2) is 237 Å². The fraction of sp³-hybridized carbons (Fsp3) is 0. The highest BCUT2D eigenvalue weighted by atomic mass is 15.1. The standard InChI is InChI=1S/C61H39N5/c1-5-15-40(16-6-1)47-25-29-50-51-37-45(46-28-31-54-52(38-46)57-49-24-14-13-17-41(49)26-32-55(57)65(54)48-22-11-4-12-23-48)27-30-53(51)66(56(50)39-47)61-60(44-33-35-62-36-34-44)63-58(42-18-7-2-8-19-42)59(64-61)43-20-9-3-10-21-43/h1-39H. The predicted octanol–water partition coefficient (Wildman–Crippen LogP) is 15.6. The number of aromatic nitrogens is 5. The molecule has 9 aromatic carbocycles. The molecule has 13 rings (SSSR count). The average molecular weight is 842 g/mol. The minimum atomic E-state index is 0.750. The van der Waals surface area contributed by atoms with Gasteiger partial charge < -0.3 is 4.57 Å². The first kappa shape index (κ1) is 37.6. The van der Waals surface area contributed by atoms with Crippen molar-refractivity contribution in [1.82, 2.24) is 24.1 Å². The fourth-order valence-corrected chi connectivity index (χ4v) is 9.94. The number of nitrogens with zero attached hydrogens (tertiary/aromatic N) is 5. The second-order valence-electron chi connectivity index (χ2n) is 16.8. The number of hydrogen-bond donors (Lipinski definition) is 0. The van der Waals surface area contributed by atoms with Gasteiger partial charge >= 0.3 is 0 Å². The summed E-state index contributed by atoms with van der Waals surface area (Å²) in [5.41, 5.74) is 15.5. The number of fused-ring (bicyclic) bond motifs is 8. The molecule has 13 aromatic rings. The Morgan fingerprint density at radius 3 is 1.52 bits per heavy atom. The summed E-state index contributed by atoms with van der Waals surface area (Å²) in [6, 6.07) is 80.1. The van der Waals surface area contributed by atoms with E-state index in [2.05, 4.69) is 214 Å². The molecule has 0 aliphatic rings. The summed E-state index contributed by atoms with van der Waals surface area (Å²) in [6.45, 7) is 0. The summed E-state index contributed by atoms with van der Waals surface area (Å²) < 4.78 is 4.73. The van der Waals surface area contributed by atoms with E-state index in [1.807, 2.05) is 36.7 Å². The molecular formula is C61H39N5. The van der Waals surface area contributed by atoms with Crippen LogP contribution in [0, 0.1) is 0 Å². The summed E-state index contributed by atoms with van der Waals surface area (Å²) in [7, 11) is 0. The quantitative estimate of drug-likeness (QED) is 0.161. The molecule has 0 amide bonds. The van der Waals surface area contributed by atoms with E-state index in [9.17, 15) is 0 Å². The topological polar surface area (TPSA) is 48.5 Å². The lowest BCUT2D eigenvalue weighted by molar-refractivity contribution is 1.05. The highest BCUT2D eigenvalue weighted by molar-refractivity contribution is 6.22. The van der Waals surface area contributed by atoms with Gasteiger partial charge in [-0.05, 0) is 93.7 Å². The second-order valence-corrected chi connectivity index (χ2v) is 16.8. The molecule has 0 aliphatic heterocycles. The molecule has 0 atom stereocenters. The zero-order valence-electron chi connectivity index (χ0n) is 35.8. The van der Waals surface area contributed by atoms with Gasteiger partial charge in [-0.2, -0.15) is 0 Å². The second kappa shape index (κ2) is 15.4. The van der Waals surface area contributed by atoms with Crippen molar-refractivity contribution in [3.63, 3.8) is 0 Å². The highest BCUT2D eigenvalue weighted by Crippen LogP contribution is 2.43. The van der Waals surface area contributed by atoms with Gasteiger partial charge in [0.05, 0.1) is 33.5 Å². The van der Waals surface area contributed by atoms with Gasteiger partial charge in [-0.25, -0.2) is 9.97 Å². The molecule has 308 valence electrons. The summed E-state index contributed by atoms with van der Waals surface area (Å²) in [4.78, 5) is 15.7. The van der Waals surface area contributed by atoms with E-state index in [0.717, 1.165) is 89.3 Å². The largest absolute Gasteiger partial charge is 0.309 e. The van der Waals surface area contributed by atoms with Gasteiger partial charge in [-0.3, -0.25) is 9.55 Å². The third-order valence-electron chi connectivity index (χ3n) is 13.0. The summed E-state index contributed by atoms with van der Waals surface area (Å²) in [5.74, 6) is 0.750. The molecule has 5 heteroatoms. The van der Waals surface area contributed by atoms with Crippen LogP contribution in [0.4, 0.5) is 0 Å². The van der Waals surface area contributed by atoms with Crippen LogP contribution in [-0.4, -0.2) is 24.1 Å². The molecule has 66 heavy (non-hydrogen) atoms. The lowest BCUT2D eigenvalue weighted by Crippen LogP contribution is -2.06. The first-order valence-electron chi connectivity index (χ1n) is 22.3. The fourth-order valence-electron chi connectivity index (χ4n) is 9.94. The maximum atomic E-state index is 5.71. The van der Waals surface area contributed by atoms with Gasteiger partial charge in [0.2, 0.25) is 0 Å². The van der Waals surface area contributed by atoms with E-state index < -0.39 is 0 Å². The SMILES string of the molecule is c1ccc(-c2ccc3c4cc(-c5ccc6c(c5)c5c7ccccc7ccc5n6-c5ccccc5)ccc4n(-c4nc(-c5ccccc5)c(-c5ccccc5)nc4-c4ccncc4)c3c2)cc1. The Kier molecular flexibility index (Phi) is 8.78. The Morgan fingerprint density at radius 1 is 0.288 bits per heavy atom. The Balaban J connectivity index is 1.09. The van der Waals surface area contributed by atoms with Crippen LogP contribution in [0.1, 0.15) is 0 Å². The third-order valence-corrected chi connectivity index (χ3v) is 13.0. The number of pyridine rings is 1. The smallest absolute Gasteiger partial charge is 0.165 e. The van der Waals surface area contributed by atoms with Crippen molar-refractivity contribution < 1.29 is 0 Å². The Morgan fingerprint density at radius 2 is 0.818 bits per heavy atom. The molecule has 5 nitrogen and oxygen atoms in total. The Bertz CT molecular complexity index is 3950. The molecule has 4 heterocycles. The van der Waals surface area contributed by atoms with E-state index in [0.29, 0.717) is 0 Å². The minimum Gasteiger partial charge on any atom is -0.309 e. The van der Waals surface area contributed by atoms with Crippen LogP contribution in [0.3, 0.4) is 0 Å². The molecule has 0 bridgehead atoms. The molecule has 0 unspecified atom stereocenters. The molecule has 0 N–H and O–H groups in total. The molecule has 0 radical (unpaired) electrons. The van der Waals surface area contributed by atoms with Crippen molar-refractivity contribution in [2.24, 2.45) is 0 Å². The lowest BCUT2D eigenvalue weighted by atomic mass is 9.98. The first-order chi connectivity index (χ1) is 32.7. The van der Waals surface area contributed by atoms with Crippen LogP contribution in [0.25, 0.3) is 122 Å². The third kappa shape index (κ3) is 6.13. The van der Waals surface area contributed by atoms with E-state index in [-0.39, 0.29) is 0 Å². The van der Waals surface area contributed by atoms with Crippen LogP contribution in [0.5, 0.6) is 0 Å². The van der Waals surface area contributed by atoms with Gasteiger partial charge in [0.15, 0.2) is 5.82 Å². The van der Waals surface area contributed by atoms with Crippen molar-refractivity contribution in [3.8, 4) is 67.5 Å². The van der Waals surface area contributed by atoms with Gasteiger partial charge in [-0.15, -0.1) is 0 Å². The minimum absolute atomic E-state index is 0.750. The average Bonchev–Trinajstić information content (AvgIpc) is 3.91. The van der Waals surface area contributed by atoms with Crippen molar-refractivity contribution in [3.05, 3.63) is 237 Å². The molecule has 0 saturated heterocycles. The maximum Gasteiger partial charge on any atom is 0.165 e. The normalized spacial score (nSPS) is 11.6.